The first-order valence-corrected chi connectivity index (χ1v) is 10.6. The van der Waals surface area contributed by atoms with Crippen molar-refractivity contribution in [3.8, 4) is 5.75 Å². The molecule has 1 atom stereocenters. The van der Waals surface area contributed by atoms with E-state index in [1.54, 1.807) is 12.1 Å². The van der Waals surface area contributed by atoms with Crippen LogP contribution >= 0.6 is 0 Å². The summed E-state index contributed by atoms with van der Waals surface area (Å²) in [7, 11) is 0. The third-order valence-corrected chi connectivity index (χ3v) is 4.86. The maximum Gasteiger partial charge on any atom is 0.251 e. The van der Waals surface area contributed by atoms with Gasteiger partial charge in [-0.3, -0.25) is 9.59 Å². The number of rotatable bonds is 10. The van der Waals surface area contributed by atoms with Crippen molar-refractivity contribution in [1.29, 1.82) is 0 Å². The van der Waals surface area contributed by atoms with Gasteiger partial charge in [0, 0.05) is 18.5 Å². The van der Waals surface area contributed by atoms with Gasteiger partial charge in [-0.1, -0.05) is 60.7 Å². The molecule has 160 valence electrons. The van der Waals surface area contributed by atoms with Crippen molar-refractivity contribution in [1.82, 2.24) is 10.6 Å². The molecule has 5 nitrogen and oxygen atoms in total. The predicted octanol–water partition coefficient (Wildman–Crippen LogP) is 4.50. The normalized spacial score (nSPS) is 11.4. The fourth-order valence-electron chi connectivity index (χ4n) is 3.30. The van der Waals surface area contributed by atoms with E-state index in [1.807, 2.05) is 79.7 Å². The molecule has 0 aliphatic rings. The topological polar surface area (TPSA) is 67.4 Å². The molecule has 31 heavy (non-hydrogen) atoms. The Labute approximate surface area is 183 Å². The highest BCUT2D eigenvalue weighted by atomic mass is 16.5. The molecule has 0 bridgehead atoms. The second kappa shape index (κ2) is 11.6. The zero-order valence-corrected chi connectivity index (χ0v) is 17.7. The molecule has 0 saturated heterocycles. The van der Waals surface area contributed by atoms with E-state index < -0.39 is 0 Å². The van der Waals surface area contributed by atoms with E-state index in [9.17, 15) is 9.59 Å². The van der Waals surface area contributed by atoms with E-state index in [2.05, 4.69) is 10.6 Å². The van der Waals surface area contributed by atoms with Gasteiger partial charge in [0.15, 0.2) is 0 Å². The summed E-state index contributed by atoms with van der Waals surface area (Å²) in [6.45, 7) is 3.00. The molecule has 5 heteroatoms. The third kappa shape index (κ3) is 6.71. The maximum absolute atomic E-state index is 12.6. The maximum atomic E-state index is 12.6. The number of ether oxygens (including phenoxy) is 1. The van der Waals surface area contributed by atoms with Gasteiger partial charge < -0.3 is 15.4 Å². The van der Waals surface area contributed by atoms with Crippen LogP contribution in [0.25, 0.3) is 0 Å². The summed E-state index contributed by atoms with van der Waals surface area (Å²) >= 11 is 0. The first-order valence-electron chi connectivity index (χ1n) is 10.6. The van der Waals surface area contributed by atoms with E-state index in [0.29, 0.717) is 31.6 Å². The molecule has 0 aliphatic carbocycles. The SMILES string of the molecule is CCOc1ccc([C@@H](NC(=O)CCCNC(=O)c2ccccc2)c2ccccc2)cc1. The summed E-state index contributed by atoms with van der Waals surface area (Å²) < 4.78 is 5.52. The molecule has 0 radical (unpaired) electrons. The Morgan fingerprint density at radius 2 is 1.45 bits per heavy atom. The zero-order chi connectivity index (χ0) is 21.9. The van der Waals surface area contributed by atoms with Gasteiger partial charge in [0.2, 0.25) is 5.91 Å². The van der Waals surface area contributed by atoms with E-state index in [0.717, 1.165) is 16.9 Å². The van der Waals surface area contributed by atoms with Gasteiger partial charge >= 0.3 is 0 Å². The van der Waals surface area contributed by atoms with E-state index >= 15 is 0 Å². The van der Waals surface area contributed by atoms with Crippen LogP contribution in [0.5, 0.6) is 5.75 Å². The Morgan fingerprint density at radius 1 is 0.839 bits per heavy atom. The Kier molecular flexibility index (Phi) is 8.23. The van der Waals surface area contributed by atoms with Crippen molar-refractivity contribution in [2.75, 3.05) is 13.2 Å². The molecular formula is C26H28N2O3. The summed E-state index contributed by atoms with van der Waals surface area (Å²) in [5.41, 5.74) is 2.62. The number of hydrogen-bond acceptors (Lipinski definition) is 3. The fraction of sp³-hybridized carbons (Fsp3) is 0.231. The second-order valence-corrected chi connectivity index (χ2v) is 7.14. The van der Waals surface area contributed by atoms with Crippen molar-refractivity contribution < 1.29 is 14.3 Å². The molecule has 0 aliphatic heterocycles. The van der Waals surface area contributed by atoms with Gasteiger partial charge in [0.25, 0.3) is 5.91 Å². The van der Waals surface area contributed by atoms with Crippen molar-refractivity contribution in [3.63, 3.8) is 0 Å². The number of benzene rings is 3. The Balaban J connectivity index is 1.56. The zero-order valence-electron chi connectivity index (χ0n) is 17.7. The first-order chi connectivity index (χ1) is 15.2. The van der Waals surface area contributed by atoms with Crippen LogP contribution in [0.15, 0.2) is 84.9 Å². The smallest absolute Gasteiger partial charge is 0.251 e. The lowest BCUT2D eigenvalue weighted by atomic mass is 9.98. The van der Waals surface area contributed by atoms with Crippen molar-refractivity contribution in [3.05, 3.63) is 102 Å². The molecule has 3 aromatic carbocycles. The van der Waals surface area contributed by atoms with Crippen LogP contribution in [-0.2, 0) is 4.79 Å². The average Bonchev–Trinajstić information content (AvgIpc) is 2.82. The molecule has 2 amide bonds. The largest absolute Gasteiger partial charge is 0.494 e. The summed E-state index contributed by atoms with van der Waals surface area (Å²) in [4.78, 5) is 24.7. The monoisotopic (exact) mass is 416 g/mol. The van der Waals surface area contributed by atoms with Crippen LogP contribution < -0.4 is 15.4 Å². The molecular weight excluding hydrogens is 388 g/mol. The quantitative estimate of drug-likeness (QED) is 0.478. The van der Waals surface area contributed by atoms with Gasteiger partial charge in [0.05, 0.1) is 12.6 Å². The fourth-order valence-corrected chi connectivity index (χ4v) is 3.30. The lowest BCUT2D eigenvalue weighted by molar-refractivity contribution is -0.121. The van der Waals surface area contributed by atoms with Crippen LogP contribution in [0, 0.1) is 0 Å². The van der Waals surface area contributed by atoms with E-state index in [-0.39, 0.29) is 17.9 Å². The highest BCUT2D eigenvalue weighted by Crippen LogP contribution is 2.24. The molecule has 0 heterocycles. The molecule has 0 spiro atoms. The lowest BCUT2D eigenvalue weighted by Gasteiger charge is -2.20. The molecule has 3 rings (SSSR count). The van der Waals surface area contributed by atoms with Crippen molar-refractivity contribution in [2.24, 2.45) is 0 Å². The van der Waals surface area contributed by atoms with E-state index in [4.69, 9.17) is 4.74 Å². The Morgan fingerprint density at radius 3 is 2.10 bits per heavy atom. The van der Waals surface area contributed by atoms with Crippen LogP contribution in [0.4, 0.5) is 0 Å². The Hall–Kier alpha value is -3.60. The summed E-state index contributed by atoms with van der Waals surface area (Å²) in [6.07, 6.45) is 0.893. The minimum atomic E-state index is -0.247. The van der Waals surface area contributed by atoms with Crippen LogP contribution in [0.2, 0.25) is 0 Å². The summed E-state index contributed by atoms with van der Waals surface area (Å²) in [6, 6.07) is 26.5. The van der Waals surface area contributed by atoms with Crippen molar-refractivity contribution >= 4 is 11.8 Å². The van der Waals surface area contributed by atoms with Gasteiger partial charge in [-0.05, 0) is 48.7 Å². The first kappa shape index (κ1) is 22.1. The molecule has 3 aromatic rings. The third-order valence-electron chi connectivity index (χ3n) is 4.86. The average molecular weight is 417 g/mol. The van der Waals surface area contributed by atoms with Crippen molar-refractivity contribution in [2.45, 2.75) is 25.8 Å². The molecule has 0 fully saturated rings. The standard InChI is InChI=1S/C26H28N2O3/c1-2-31-23-17-15-21(16-18-23)25(20-10-5-3-6-11-20)28-24(29)14-9-19-27-26(30)22-12-7-4-8-13-22/h3-8,10-13,15-18,25H,2,9,14,19H2,1H3,(H,27,30)(H,28,29)/t25-/m0/s1. The summed E-state index contributed by atoms with van der Waals surface area (Å²) in [5.74, 6) is 0.618. The number of carbonyl (C=O) groups excluding carboxylic acids is 2. The number of carbonyl (C=O) groups is 2. The van der Waals surface area contributed by atoms with Gasteiger partial charge in [-0.2, -0.15) is 0 Å². The lowest BCUT2D eigenvalue weighted by Crippen LogP contribution is -2.30. The van der Waals surface area contributed by atoms with Crippen LogP contribution in [0.1, 0.15) is 47.3 Å². The van der Waals surface area contributed by atoms with Crippen LogP contribution in [0.3, 0.4) is 0 Å². The van der Waals surface area contributed by atoms with Gasteiger partial charge in [-0.25, -0.2) is 0 Å². The minimum absolute atomic E-state index is 0.0586. The van der Waals surface area contributed by atoms with Gasteiger partial charge in [-0.15, -0.1) is 0 Å². The minimum Gasteiger partial charge on any atom is -0.494 e. The molecule has 0 unspecified atom stereocenters. The molecule has 0 saturated carbocycles. The van der Waals surface area contributed by atoms with Crippen LogP contribution in [-0.4, -0.2) is 25.0 Å². The summed E-state index contributed by atoms with van der Waals surface area (Å²) in [5, 5.41) is 5.98. The predicted molar refractivity (Wildman–Crippen MR) is 122 cm³/mol. The van der Waals surface area contributed by atoms with E-state index in [1.165, 1.54) is 0 Å². The Bertz CT molecular complexity index is 957. The second-order valence-electron chi connectivity index (χ2n) is 7.14. The highest BCUT2D eigenvalue weighted by molar-refractivity contribution is 5.94. The van der Waals surface area contributed by atoms with Gasteiger partial charge in [0.1, 0.15) is 5.75 Å². The number of amides is 2. The molecule has 2 N–H and O–H groups in total. The number of hydrogen-bond donors (Lipinski definition) is 2. The number of nitrogens with one attached hydrogen (secondary N) is 2. The highest BCUT2D eigenvalue weighted by Gasteiger charge is 2.17. The molecule has 0 aromatic heterocycles.